The molecule has 0 bridgehead atoms. The number of rotatable bonds is 7. The van der Waals surface area contributed by atoms with E-state index in [9.17, 15) is 13.2 Å². The maximum atomic E-state index is 12.5. The molecule has 0 unspecified atom stereocenters. The second kappa shape index (κ2) is 8.22. The van der Waals surface area contributed by atoms with Crippen LogP contribution >= 0.6 is 0 Å². The molecular weight excluding hydrogens is 392 g/mol. The Hall–Kier alpha value is -2.91. The number of oxazole rings is 1. The molecule has 3 rings (SSSR count). The fraction of sp³-hybridized carbons (Fsp3) is 0.300. The van der Waals surface area contributed by atoms with Gasteiger partial charge in [0, 0.05) is 24.3 Å². The van der Waals surface area contributed by atoms with Crippen molar-refractivity contribution in [1.29, 1.82) is 0 Å². The third kappa shape index (κ3) is 5.12. The molecule has 0 fully saturated rings. The van der Waals surface area contributed by atoms with Gasteiger partial charge in [-0.3, -0.25) is 4.79 Å². The average molecular weight is 417 g/mol. The Morgan fingerprint density at radius 1 is 1.03 bits per heavy atom. The first kappa shape index (κ1) is 20.8. The van der Waals surface area contributed by atoms with Gasteiger partial charge in [-0.15, -0.1) is 0 Å². The summed E-state index contributed by atoms with van der Waals surface area (Å²) in [6, 6.07) is 10.7. The summed E-state index contributed by atoms with van der Waals surface area (Å²) in [5, 5.41) is 5.89. The molecule has 3 aromatic rings. The zero-order valence-electron chi connectivity index (χ0n) is 16.7. The van der Waals surface area contributed by atoms with Crippen molar-refractivity contribution < 1.29 is 17.6 Å². The fourth-order valence-corrected chi connectivity index (χ4v) is 4.05. The predicted molar refractivity (Wildman–Crippen MR) is 112 cm³/mol. The molecular formula is C20H24N4O4S. The molecule has 1 heterocycles. The van der Waals surface area contributed by atoms with E-state index in [1.54, 1.807) is 45.9 Å². The third-order valence-corrected chi connectivity index (χ3v) is 5.77. The molecule has 1 atom stereocenters. The van der Waals surface area contributed by atoms with Crippen LogP contribution in [-0.2, 0) is 14.8 Å². The van der Waals surface area contributed by atoms with Crippen molar-refractivity contribution in [1.82, 2.24) is 9.71 Å². The van der Waals surface area contributed by atoms with E-state index in [2.05, 4.69) is 20.3 Å². The Labute approximate surface area is 169 Å². The van der Waals surface area contributed by atoms with E-state index in [0.29, 0.717) is 22.7 Å². The largest absolute Gasteiger partial charge is 0.441 e. The number of sulfonamides is 1. The van der Waals surface area contributed by atoms with Crippen LogP contribution in [0.4, 0.5) is 11.4 Å². The first-order chi connectivity index (χ1) is 13.6. The molecule has 0 spiro atoms. The van der Waals surface area contributed by atoms with Crippen LogP contribution in [0.3, 0.4) is 0 Å². The highest BCUT2D eigenvalue weighted by Gasteiger charge is 2.17. The summed E-state index contributed by atoms with van der Waals surface area (Å²) in [6.45, 7) is 7.02. The highest BCUT2D eigenvalue weighted by Crippen LogP contribution is 2.20. The minimum Gasteiger partial charge on any atom is -0.441 e. The summed E-state index contributed by atoms with van der Waals surface area (Å²) < 4.78 is 32.3. The molecule has 0 saturated carbocycles. The van der Waals surface area contributed by atoms with Crippen LogP contribution in [0.1, 0.15) is 26.7 Å². The fourth-order valence-electron chi connectivity index (χ4n) is 2.79. The highest BCUT2D eigenvalue weighted by molar-refractivity contribution is 7.89. The van der Waals surface area contributed by atoms with Crippen molar-refractivity contribution in [2.45, 2.75) is 44.7 Å². The summed E-state index contributed by atoms with van der Waals surface area (Å²) in [7, 11) is -3.57. The number of aromatic nitrogens is 1. The molecule has 2 aromatic carbocycles. The van der Waals surface area contributed by atoms with Gasteiger partial charge in [0.2, 0.25) is 15.9 Å². The quantitative estimate of drug-likeness (QED) is 0.545. The van der Waals surface area contributed by atoms with Crippen LogP contribution in [0.5, 0.6) is 0 Å². The van der Waals surface area contributed by atoms with Crippen LogP contribution in [0.2, 0.25) is 0 Å². The maximum Gasteiger partial charge on any atom is 0.246 e. The number of carbonyl (C=O) groups is 1. The Morgan fingerprint density at radius 2 is 1.69 bits per heavy atom. The molecule has 0 aliphatic heterocycles. The lowest BCUT2D eigenvalue weighted by Gasteiger charge is -2.15. The molecule has 0 aliphatic carbocycles. The van der Waals surface area contributed by atoms with E-state index < -0.39 is 16.1 Å². The molecule has 3 N–H and O–H groups in total. The SMILES string of the molecule is Cc1nc2cc(N[C@@H](C)C(=O)Nc3ccc(S(=O)(=O)NC(C)C)cc3)ccc2o1. The number of amides is 1. The maximum absolute atomic E-state index is 12.5. The number of carbonyl (C=O) groups excluding carboxylic acids is 1. The summed E-state index contributed by atoms with van der Waals surface area (Å²) >= 11 is 0. The Morgan fingerprint density at radius 3 is 2.34 bits per heavy atom. The van der Waals surface area contributed by atoms with Gasteiger partial charge in [0.25, 0.3) is 0 Å². The van der Waals surface area contributed by atoms with E-state index in [0.717, 1.165) is 5.69 Å². The number of nitrogens with zero attached hydrogens (tertiary/aromatic N) is 1. The molecule has 0 saturated heterocycles. The number of nitrogens with one attached hydrogen (secondary N) is 3. The molecule has 0 radical (unpaired) electrons. The van der Waals surface area contributed by atoms with Gasteiger partial charge >= 0.3 is 0 Å². The second-order valence-corrected chi connectivity index (χ2v) is 8.79. The zero-order valence-corrected chi connectivity index (χ0v) is 17.5. The van der Waals surface area contributed by atoms with Gasteiger partial charge in [0.15, 0.2) is 11.5 Å². The number of hydrogen-bond acceptors (Lipinski definition) is 6. The van der Waals surface area contributed by atoms with Crippen LogP contribution in [0.15, 0.2) is 51.8 Å². The van der Waals surface area contributed by atoms with Crippen LogP contribution in [0.25, 0.3) is 11.1 Å². The minimum atomic E-state index is -3.57. The lowest BCUT2D eigenvalue weighted by molar-refractivity contribution is -0.116. The predicted octanol–water partition coefficient (Wildman–Crippen LogP) is 3.26. The second-order valence-electron chi connectivity index (χ2n) is 7.07. The number of benzene rings is 2. The first-order valence-corrected chi connectivity index (χ1v) is 10.7. The van der Waals surface area contributed by atoms with Gasteiger partial charge in [0.05, 0.1) is 4.90 Å². The van der Waals surface area contributed by atoms with E-state index in [1.165, 1.54) is 12.1 Å². The molecule has 29 heavy (non-hydrogen) atoms. The highest BCUT2D eigenvalue weighted by atomic mass is 32.2. The van der Waals surface area contributed by atoms with Crippen LogP contribution in [-0.4, -0.2) is 31.4 Å². The van der Waals surface area contributed by atoms with Crippen molar-refractivity contribution >= 4 is 38.4 Å². The summed E-state index contributed by atoms with van der Waals surface area (Å²) in [6.07, 6.45) is 0. The van der Waals surface area contributed by atoms with Crippen molar-refractivity contribution in [3.8, 4) is 0 Å². The van der Waals surface area contributed by atoms with Crippen LogP contribution < -0.4 is 15.4 Å². The van der Waals surface area contributed by atoms with Crippen LogP contribution in [0, 0.1) is 6.92 Å². The topological polar surface area (TPSA) is 113 Å². The first-order valence-electron chi connectivity index (χ1n) is 9.21. The molecule has 154 valence electrons. The Balaban J connectivity index is 1.64. The van der Waals surface area contributed by atoms with Crippen molar-refractivity contribution in [2.75, 3.05) is 10.6 Å². The normalized spacial score (nSPS) is 12.9. The summed E-state index contributed by atoms with van der Waals surface area (Å²) in [4.78, 5) is 16.9. The van der Waals surface area contributed by atoms with Gasteiger partial charge in [-0.25, -0.2) is 18.1 Å². The minimum absolute atomic E-state index is 0.145. The number of fused-ring (bicyclic) bond motifs is 1. The molecule has 9 heteroatoms. The Bertz CT molecular complexity index is 1120. The van der Waals surface area contributed by atoms with Gasteiger partial charge in [0.1, 0.15) is 11.6 Å². The van der Waals surface area contributed by atoms with Crippen molar-refractivity contribution in [2.24, 2.45) is 0 Å². The van der Waals surface area contributed by atoms with E-state index >= 15 is 0 Å². The smallest absolute Gasteiger partial charge is 0.246 e. The number of anilines is 2. The molecule has 1 amide bonds. The van der Waals surface area contributed by atoms with Gasteiger partial charge in [-0.05, 0) is 63.2 Å². The standard InChI is InChI=1S/C20H24N4O4S/c1-12(2)24-29(26,27)17-8-5-15(6-9-17)23-20(25)13(3)21-16-7-10-19-18(11-16)22-14(4)28-19/h5-13,21,24H,1-4H3,(H,23,25)/t13-/m0/s1. The van der Waals surface area contributed by atoms with E-state index in [1.807, 2.05) is 12.1 Å². The monoisotopic (exact) mass is 416 g/mol. The molecule has 0 aliphatic rings. The lowest BCUT2D eigenvalue weighted by Crippen LogP contribution is -2.32. The zero-order chi connectivity index (χ0) is 21.2. The number of hydrogen-bond donors (Lipinski definition) is 3. The lowest BCUT2D eigenvalue weighted by atomic mass is 10.2. The van der Waals surface area contributed by atoms with E-state index in [-0.39, 0.29) is 16.8 Å². The molecule has 8 nitrogen and oxygen atoms in total. The van der Waals surface area contributed by atoms with Crippen molar-refractivity contribution in [3.63, 3.8) is 0 Å². The van der Waals surface area contributed by atoms with Crippen molar-refractivity contribution in [3.05, 3.63) is 48.4 Å². The Kier molecular flexibility index (Phi) is 5.90. The number of aryl methyl sites for hydroxylation is 1. The van der Waals surface area contributed by atoms with E-state index in [4.69, 9.17) is 4.42 Å². The average Bonchev–Trinajstić information content (AvgIpc) is 3.00. The summed E-state index contributed by atoms with van der Waals surface area (Å²) in [5.74, 6) is 0.328. The van der Waals surface area contributed by atoms with Gasteiger partial charge in [-0.1, -0.05) is 0 Å². The van der Waals surface area contributed by atoms with Gasteiger partial charge < -0.3 is 15.1 Å². The third-order valence-electron chi connectivity index (χ3n) is 4.09. The summed E-state index contributed by atoms with van der Waals surface area (Å²) in [5.41, 5.74) is 2.66. The molecule has 1 aromatic heterocycles. The van der Waals surface area contributed by atoms with Gasteiger partial charge in [-0.2, -0.15) is 0 Å².